The van der Waals surface area contributed by atoms with E-state index in [0.29, 0.717) is 71.9 Å². The standard InChI is InChI=1S/C30H33F3N8O.C29H30F3N7O2.C29H32F3N7O/c1-39-11-13-40(14-12-39)15-16-41-28-26(27(34)38-41)24(18-25(37-28)20-5-6-20)19-7-9-22(10-8-19)35-29(42)36-23-4-2-3-21(17-23)30(31,32)33;30-29(31,32)20-2-1-3-22(16-20)35-28(40)34-21-8-6-18(7-9-21)23-17-24(19-4-5-19)36-27-25(23)26(33)37-39(27)11-10-38-12-14-41-15-13-38;1-3-38(4-2)14-15-39-27-25(26(33)37-39)23(17-24(36-27)19-8-9-19)18-10-12-21(13-11-18)34-28(40)35-22-7-5-6-20(16-22)29(30,31)32/h2-4,7-10,17-18,20H,5-6,11-16H2,1H3,(H2,34,38)(H2,35,36,42);1-3,6-9,16-17,19H,4-5,10-15H2,(H2,33,37)(H2,34,35,40);5-7,10-13,16-17,19H,3-4,8-9,14-15H2,1-2H3,(H2,33,37)(H2,34,35,40). The fraction of sp³-hybridized carbons (Fsp3) is 0.352. The van der Waals surface area contributed by atoms with Crippen molar-refractivity contribution < 1.29 is 58.6 Å². The fourth-order valence-corrected chi connectivity index (χ4v) is 15.1. The Morgan fingerprint density at radius 2 is 0.699 bits per heavy atom. The second-order valence-corrected chi connectivity index (χ2v) is 31.4. The molecule has 12 N–H and O–H groups in total. The molecular formula is C88H95F9N22O4. The Bertz CT molecular complexity index is 5770. The van der Waals surface area contributed by atoms with E-state index >= 15 is 0 Å². The molecule has 0 unspecified atom stereocenters. The Morgan fingerprint density at radius 1 is 0.398 bits per heavy atom. The van der Waals surface area contributed by atoms with Crippen LogP contribution in [0.15, 0.2) is 164 Å². The number of hydrogen-bond acceptors (Lipinski definition) is 17. The monoisotopic (exact) mass is 1690 g/mol. The summed E-state index contributed by atoms with van der Waals surface area (Å²) in [5, 5.41) is 31.7. The fourth-order valence-electron chi connectivity index (χ4n) is 15.1. The lowest BCUT2D eigenvalue weighted by Crippen LogP contribution is -2.45. The Kier molecular flexibility index (Phi) is 25.5. The molecule has 3 aliphatic carbocycles. The molecule has 5 fully saturated rings. The number of nitrogen functional groups attached to an aromatic ring is 3. The number of pyridine rings is 3. The van der Waals surface area contributed by atoms with Crippen LogP contribution in [0.4, 0.5) is 105 Å². The molecule has 2 aliphatic heterocycles. The van der Waals surface area contributed by atoms with E-state index in [0.717, 1.165) is 244 Å². The summed E-state index contributed by atoms with van der Waals surface area (Å²) < 4.78 is 128. The first-order valence-electron chi connectivity index (χ1n) is 41.1. The van der Waals surface area contributed by atoms with Crippen molar-refractivity contribution in [1.29, 1.82) is 0 Å². The van der Waals surface area contributed by atoms with Gasteiger partial charge in [-0.05, 0) is 201 Å². The Labute approximate surface area is 702 Å². The Balaban J connectivity index is 0.000000143. The van der Waals surface area contributed by atoms with Crippen molar-refractivity contribution in [3.8, 4) is 33.4 Å². The average Bonchev–Trinajstić information content (AvgIpc) is 1.62. The highest BCUT2D eigenvalue weighted by molar-refractivity contribution is 6.05. The van der Waals surface area contributed by atoms with Crippen LogP contribution in [-0.2, 0) is 42.9 Å². The number of benzene rings is 6. The third-order valence-electron chi connectivity index (χ3n) is 22.4. The van der Waals surface area contributed by atoms with Gasteiger partial charge in [0.05, 0.1) is 65.7 Å². The Morgan fingerprint density at radius 3 is 1.00 bits per heavy atom. The number of halogens is 9. The number of nitrogens with two attached hydrogens (primary N) is 3. The van der Waals surface area contributed by atoms with Gasteiger partial charge >= 0.3 is 36.6 Å². The van der Waals surface area contributed by atoms with Gasteiger partial charge in [0.25, 0.3) is 0 Å². The molecule has 644 valence electrons. The number of hydrogen-bond donors (Lipinski definition) is 9. The minimum absolute atomic E-state index is 0.0434. The number of nitrogens with one attached hydrogen (secondary N) is 6. The number of alkyl halides is 9. The Hall–Kier alpha value is -12.4. The first kappa shape index (κ1) is 85.5. The van der Waals surface area contributed by atoms with Gasteiger partial charge in [-0.25, -0.2) is 43.4 Å². The normalized spacial score (nSPS) is 15.5. The number of urea groups is 3. The molecule has 3 saturated carbocycles. The summed E-state index contributed by atoms with van der Waals surface area (Å²) in [6.07, 6.45) is -6.88. The van der Waals surface area contributed by atoms with Gasteiger partial charge in [0.2, 0.25) is 0 Å². The van der Waals surface area contributed by atoms with Gasteiger partial charge in [-0.2, -0.15) is 54.8 Å². The van der Waals surface area contributed by atoms with Crippen molar-refractivity contribution >= 4 is 103 Å². The number of morpholine rings is 1. The van der Waals surface area contributed by atoms with Crippen molar-refractivity contribution in [2.45, 2.75) is 108 Å². The minimum Gasteiger partial charge on any atom is -0.382 e. The second kappa shape index (κ2) is 36.7. The van der Waals surface area contributed by atoms with E-state index in [-0.39, 0.29) is 17.1 Å². The highest BCUT2D eigenvalue weighted by Crippen LogP contribution is 2.47. The van der Waals surface area contributed by atoms with E-state index in [1.807, 2.05) is 50.4 Å². The smallest absolute Gasteiger partial charge is 0.382 e. The second-order valence-electron chi connectivity index (χ2n) is 31.4. The molecule has 6 aromatic carbocycles. The molecule has 35 heteroatoms. The predicted molar refractivity (Wildman–Crippen MR) is 459 cm³/mol. The number of fused-ring (bicyclic) bond motifs is 3. The van der Waals surface area contributed by atoms with E-state index in [1.165, 1.54) is 36.4 Å². The lowest BCUT2D eigenvalue weighted by molar-refractivity contribution is -0.138. The number of aromatic nitrogens is 9. The minimum atomic E-state index is -4.50. The molecule has 2 saturated heterocycles. The number of amides is 6. The van der Waals surface area contributed by atoms with Crippen LogP contribution in [0.2, 0.25) is 0 Å². The van der Waals surface area contributed by atoms with Crippen molar-refractivity contribution in [3.05, 3.63) is 198 Å². The van der Waals surface area contributed by atoms with Crippen LogP contribution in [0.1, 0.15) is 104 Å². The number of carbonyl (C=O) groups excluding carboxylic acids is 3. The van der Waals surface area contributed by atoms with Gasteiger partial charge in [-0.1, -0.05) is 68.4 Å². The van der Waals surface area contributed by atoms with Crippen LogP contribution >= 0.6 is 0 Å². The molecule has 5 aliphatic rings. The molecule has 123 heavy (non-hydrogen) atoms. The van der Waals surface area contributed by atoms with Crippen molar-refractivity contribution in [2.24, 2.45) is 0 Å². The maximum atomic E-state index is 13.0. The lowest BCUT2D eigenvalue weighted by atomic mass is 10.0. The topological polar surface area (TPSA) is 316 Å². The zero-order valence-corrected chi connectivity index (χ0v) is 68.0. The molecule has 17 rings (SSSR count). The highest BCUT2D eigenvalue weighted by Gasteiger charge is 2.36. The van der Waals surface area contributed by atoms with Crippen LogP contribution < -0.4 is 49.1 Å². The zero-order chi connectivity index (χ0) is 86.4. The summed E-state index contributed by atoms with van der Waals surface area (Å²) in [6, 6.07) is 39.5. The zero-order valence-electron chi connectivity index (χ0n) is 68.0. The van der Waals surface area contributed by atoms with Gasteiger partial charge in [-0.15, -0.1) is 0 Å². The maximum Gasteiger partial charge on any atom is 0.416 e. The number of nitrogens with zero attached hydrogens (tertiary/aromatic N) is 13. The summed E-state index contributed by atoms with van der Waals surface area (Å²) in [7, 11) is 2.14. The van der Waals surface area contributed by atoms with Crippen molar-refractivity contribution in [3.63, 3.8) is 0 Å². The largest absolute Gasteiger partial charge is 0.416 e. The number of carbonyl (C=O) groups is 3. The highest BCUT2D eigenvalue weighted by atomic mass is 19.4. The first-order valence-corrected chi connectivity index (χ1v) is 41.1. The molecule has 0 radical (unpaired) electrons. The summed E-state index contributed by atoms with van der Waals surface area (Å²) in [5.41, 5.74) is 29.3. The summed E-state index contributed by atoms with van der Waals surface area (Å²) >= 11 is 0. The van der Waals surface area contributed by atoms with Crippen molar-refractivity contribution in [1.82, 2.24) is 63.9 Å². The van der Waals surface area contributed by atoms with Gasteiger partial charge in [0.15, 0.2) is 34.4 Å². The number of ether oxygens (including phenoxy) is 1. The number of likely N-dealkylation sites (N-methyl/N-ethyl adjacent to an activating group) is 2. The van der Waals surface area contributed by atoms with Crippen molar-refractivity contribution in [2.75, 3.05) is 141 Å². The lowest BCUT2D eigenvalue weighted by Gasteiger charge is -2.32. The predicted octanol–water partition coefficient (Wildman–Crippen LogP) is 17.6. The van der Waals surface area contributed by atoms with E-state index in [4.69, 9.17) is 36.9 Å². The van der Waals surface area contributed by atoms with E-state index in [1.54, 1.807) is 36.4 Å². The van der Waals surface area contributed by atoms with Crippen LogP contribution in [-0.4, -0.2) is 174 Å². The van der Waals surface area contributed by atoms with E-state index in [9.17, 15) is 53.9 Å². The number of piperazine rings is 1. The number of anilines is 9. The summed E-state index contributed by atoms with van der Waals surface area (Å²) in [6.45, 7) is 18.1. The molecule has 6 aromatic heterocycles. The van der Waals surface area contributed by atoms with Crippen LogP contribution in [0.25, 0.3) is 66.5 Å². The van der Waals surface area contributed by atoms with Crippen LogP contribution in [0.3, 0.4) is 0 Å². The van der Waals surface area contributed by atoms with E-state index < -0.39 is 53.3 Å². The number of rotatable bonds is 23. The molecular weight excluding hydrogens is 1600 g/mol. The van der Waals surface area contributed by atoms with Gasteiger partial charge in [-0.3, -0.25) is 9.80 Å². The first-order chi connectivity index (χ1) is 59.0. The molecule has 0 bridgehead atoms. The molecule has 0 spiro atoms. The van der Waals surface area contributed by atoms with Gasteiger partial charge in [0.1, 0.15) is 0 Å². The average molecular weight is 1700 g/mol. The molecule has 0 atom stereocenters. The van der Waals surface area contributed by atoms with Crippen LogP contribution in [0, 0.1) is 0 Å². The maximum absolute atomic E-state index is 13.0. The molecule has 8 heterocycles. The van der Waals surface area contributed by atoms with E-state index in [2.05, 4.69) is 106 Å². The molecule has 26 nitrogen and oxygen atoms in total. The quantitative estimate of drug-likeness (QED) is 0.0269. The summed E-state index contributed by atoms with van der Waals surface area (Å²) in [4.78, 5) is 61.8. The van der Waals surface area contributed by atoms with Gasteiger partial charge in [0, 0.05) is 128 Å². The van der Waals surface area contributed by atoms with Gasteiger partial charge < -0.3 is 63.6 Å². The third kappa shape index (κ3) is 21.4. The molecule has 6 amide bonds. The SMILES string of the molecule is CCN(CC)CCn1nc(N)c2c(-c3ccc(NC(=O)Nc4cccc(C(F)(F)F)c4)cc3)cc(C3CC3)nc21.CN1CCN(CCn2nc(N)c3c(-c4ccc(NC(=O)Nc5cccc(C(F)(F)F)c5)cc4)cc(C4CC4)nc32)CC1.Nc1nn(CCN2CCOCC2)c2nc(C3CC3)cc(-c3ccc(NC(=O)Nc4cccc(C(F)(F)F)c4)cc3)c12. The third-order valence-corrected chi connectivity index (χ3v) is 22.4. The van der Waals surface area contributed by atoms with Crippen LogP contribution in [0.5, 0.6) is 0 Å². The molecule has 12 aromatic rings. The summed E-state index contributed by atoms with van der Waals surface area (Å²) in [5.74, 6) is 2.53.